The minimum atomic E-state index is -0.297. The van der Waals surface area contributed by atoms with Crippen molar-refractivity contribution in [2.75, 3.05) is 26.7 Å². The number of nitrogens with one attached hydrogen (secondary N) is 1. The molecule has 1 aliphatic heterocycles. The number of morpholine rings is 1. The van der Waals surface area contributed by atoms with E-state index < -0.39 is 0 Å². The molecule has 2 amide bonds. The molecule has 1 unspecified atom stereocenters. The van der Waals surface area contributed by atoms with E-state index in [0.29, 0.717) is 38.4 Å². The highest BCUT2D eigenvalue weighted by molar-refractivity contribution is 5.92. The molecule has 0 spiro atoms. The molecule has 9 nitrogen and oxygen atoms in total. The van der Waals surface area contributed by atoms with E-state index in [0.717, 1.165) is 28.3 Å². The molecule has 0 aromatic carbocycles. The fraction of sp³-hybridized carbons (Fsp3) is 0.375. The zero-order chi connectivity index (χ0) is 23.4. The normalized spacial score (nSPS) is 16.0. The summed E-state index contributed by atoms with van der Waals surface area (Å²) in [5, 5.41) is 2.57. The number of aromatic nitrogens is 4. The van der Waals surface area contributed by atoms with Crippen LogP contribution in [0.1, 0.15) is 40.2 Å². The SMILES string of the molecule is CNC(=O)c1ccc(-c2cc(C)nc(C3CN(C(=O)CCn4ccnc4C)CCO3)c2)cn1. The lowest BCUT2D eigenvalue weighted by Crippen LogP contribution is -2.42. The molecule has 1 fully saturated rings. The van der Waals surface area contributed by atoms with Crippen LogP contribution in [0, 0.1) is 13.8 Å². The molecule has 0 bridgehead atoms. The van der Waals surface area contributed by atoms with Gasteiger partial charge in [0.25, 0.3) is 5.91 Å². The van der Waals surface area contributed by atoms with Crippen LogP contribution in [0.5, 0.6) is 0 Å². The van der Waals surface area contributed by atoms with E-state index in [2.05, 4.69) is 20.3 Å². The van der Waals surface area contributed by atoms with Crippen molar-refractivity contribution in [3.8, 4) is 11.1 Å². The van der Waals surface area contributed by atoms with Crippen molar-refractivity contribution in [1.29, 1.82) is 0 Å². The van der Waals surface area contributed by atoms with E-state index in [1.807, 2.05) is 47.7 Å². The van der Waals surface area contributed by atoms with Gasteiger partial charge in [-0.2, -0.15) is 0 Å². The molecule has 33 heavy (non-hydrogen) atoms. The van der Waals surface area contributed by atoms with Crippen molar-refractivity contribution >= 4 is 11.8 Å². The molecule has 4 heterocycles. The van der Waals surface area contributed by atoms with Crippen molar-refractivity contribution in [3.05, 3.63) is 65.8 Å². The Balaban J connectivity index is 1.47. The second kappa shape index (κ2) is 9.91. The van der Waals surface area contributed by atoms with Crippen LogP contribution in [0.2, 0.25) is 0 Å². The maximum absolute atomic E-state index is 12.8. The van der Waals surface area contributed by atoms with Crippen LogP contribution in [0.3, 0.4) is 0 Å². The third kappa shape index (κ3) is 5.25. The maximum atomic E-state index is 12.8. The zero-order valence-corrected chi connectivity index (χ0v) is 19.1. The molecule has 1 aliphatic rings. The fourth-order valence-electron chi connectivity index (χ4n) is 3.92. The van der Waals surface area contributed by atoms with Crippen molar-refractivity contribution in [1.82, 2.24) is 29.7 Å². The molecule has 4 rings (SSSR count). The molecule has 1 atom stereocenters. The summed E-state index contributed by atoms with van der Waals surface area (Å²) in [6, 6.07) is 7.51. The van der Waals surface area contributed by atoms with Crippen LogP contribution in [0.25, 0.3) is 11.1 Å². The lowest BCUT2D eigenvalue weighted by Gasteiger charge is -2.33. The minimum absolute atomic E-state index is 0.0956. The van der Waals surface area contributed by atoms with Crippen LogP contribution in [0.4, 0.5) is 0 Å². The summed E-state index contributed by atoms with van der Waals surface area (Å²) in [6.45, 7) is 5.97. The van der Waals surface area contributed by atoms with Gasteiger partial charge in [-0.05, 0) is 37.6 Å². The summed E-state index contributed by atoms with van der Waals surface area (Å²) in [4.78, 5) is 39.6. The lowest BCUT2D eigenvalue weighted by atomic mass is 10.0. The number of imidazole rings is 1. The molecule has 0 aliphatic carbocycles. The van der Waals surface area contributed by atoms with Crippen LogP contribution < -0.4 is 5.32 Å². The smallest absolute Gasteiger partial charge is 0.269 e. The monoisotopic (exact) mass is 448 g/mol. The number of aryl methyl sites for hydroxylation is 3. The first kappa shape index (κ1) is 22.6. The van der Waals surface area contributed by atoms with Gasteiger partial charge >= 0.3 is 0 Å². The van der Waals surface area contributed by atoms with E-state index in [1.165, 1.54) is 0 Å². The molecule has 3 aromatic rings. The van der Waals surface area contributed by atoms with Crippen molar-refractivity contribution in [2.24, 2.45) is 0 Å². The molecule has 1 N–H and O–H groups in total. The van der Waals surface area contributed by atoms with Gasteiger partial charge in [-0.25, -0.2) is 4.98 Å². The first-order valence-corrected chi connectivity index (χ1v) is 11.0. The number of pyridine rings is 2. The molecule has 0 saturated carbocycles. The number of rotatable bonds is 6. The Kier molecular flexibility index (Phi) is 6.79. The van der Waals surface area contributed by atoms with E-state index >= 15 is 0 Å². The predicted molar refractivity (Wildman–Crippen MR) is 122 cm³/mol. The highest BCUT2D eigenvalue weighted by Crippen LogP contribution is 2.27. The first-order valence-electron chi connectivity index (χ1n) is 11.0. The number of hydrogen-bond acceptors (Lipinski definition) is 6. The van der Waals surface area contributed by atoms with Gasteiger partial charge in [0, 0.05) is 56.4 Å². The van der Waals surface area contributed by atoms with E-state index in [-0.39, 0.29) is 17.9 Å². The van der Waals surface area contributed by atoms with Crippen molar-refractivity contribution in [3.63, 3.8) is 0 Å². The third-order valence-electron chi connectivity index (χ3n) is 5.77. The minimum Gasteiger partial charge on any atom is -0.368 e. The van der Waals surface area contributed by atoms with Gasteiger partial charge < -0.3 is 19.5 Å². The number of carbonyl (C=O) groups excluding carboxylic acids is 2. The summed E-state index contributed by atoms with van der Waals surface area (Å²) < 4.78 is 7.96. The van der Waals surface area contributed by atoms with Gasteiger partial charge in [0.1, 0.15) is 17.6 Å². The summed E-state index contributed by atoms with van der Waals surface area (Å²) >= 11 is 0. The highest BCUT2D eigenvalue weighted by Gasteiger charge is 2.26. The maximum Gasteiger partial charge on any atom is 0.269 e. The van der Waals surface area contributed by atoms with Gasteiger partial charge in [0.2, 0.25) is 5.91 Å². The quantitative estimate of drug-likeness (QED) is 0.621. The largest absolute Gasteiger partial charge is 0.368 e. The predicted octanol–water partition coefficient (Wildman–Crippen LogP) is 2.31. The van der Waals surface area contributed by atoms with E-state index in [1.54, 1.807) is 25.5 Å². The summed E-state index contributed by atoms with van der Waals surface area (Å²) in [5.74, 6) is 0.770. The topological polar surface area (TPSA) is 102 Å². The number of carbonyl (C=O) groups is 2. The van der Waals surface area contributed by atoms with Gasteiger partial charge in [0.05, 0.1) is 18.8 Å². The first-order chi connectivity index (χ1) is 15.9. The molecule has 0 radical (unpaired) electrons. The van der Waals surface area contributed by atoms with Crippen LogP contribution in [-0.4, -0.2) is 63.0 Å². The van der Waals surface area contributed by atoms with Gasteiger partial charge in [-0.1, -0.05) is 6.07 Å². The van der Waals surface area contributed by atoms with E-state index in [9.17, 15) is 9.59 Å². The molecule has 1 saturated heterocycles. The number of nitrogens with zero attached hydrogens (tertiary/aromatic N) is 5. The zero-order valence-electron chi connectivity index (χ0n) is 19.1. The third-order valence-corrected chi connectivity index (χ3v) is 5.77. The Bertz CT molecular complexity index is 1140. The molecule has 9 heteroatoms. The summed E-state index contributed by atoms with van der Waals surface area (Å²) in [7, 11) is 1.58. The van der Waals surface area contributed by atoms with Gasteiger partial charge in [-0.15, -0.1) is 0 Å². The second-order valence-electron chi connectivity index (χ2n) is 8.05. The average Bonchev–Trinajstić information content (AvgIpc) is 3.26. The average molecular weight is 449 g/mol. The Morgan fingerprint density at radius 2 is 2.03 bits per heavy atom. The Labute approximate surface area is 192 Å². The second-order valence-corrected chi connectivity index (χ2v) is 8.05. The fourth-order valence-corrected chi connectivity index (χ4v) is 3.92. The van der Waals surface area contributed by atoms with Crippen LogP contribution in [-0.2, 0) is 16.1 Å². The number of ether oxygens (including phenoxy) is 1. The lowest BCUT2D eigenvalue weighted by molar-refractivity contribution is -0.139. The summed E-state index contributed by atoms with van der Waals surface area (Å²) in [5.41, 5.74) is 3.82. The Morgan fingerprint density at radius 3 is 2.73 bits per heavy atom. The Hall–Kier alpha value is -3.59. The summed E-state index contributed by atoms with van der Waals surface area (Å²) in [6.07, 6.45) is 5.43. The van der Waals surface area contributed by atoms with Crippen LogP contribution in [0.15, 0.2) is 42.9 Å². The number of hydrogen-bond donors (Lipinski definition) is 1. The highest BCUT2D eigenvalue weighted by atomic mass is 16.5. The van der Waals surface area contributed by atoms with Gasteiger partial charge in [-0.3, -0.25) is 19.6 Å². The standard InChI is InChI=1S/C24H28N6O3/c1-16-12-19(18-4-5-20(27-14-18)24(32)25-3)13-21(28-16)22-15-30(10-11-33-22)23(31)6-8-29-9-7-26-17(29)2/h4-5,7,9,12-14,22H,6,8,10-11,15H2,1-3H3,(H,25,32). The van der Waals surface area contributed by atoms with Gasteiger partial charge in [0.15, 0.2) is 0 Å². The Morgan fingerprint density at radius 1 is 1.18 bits per heavy atom. The van der Waals surface area contributed by atoms with Crippen LogP contribution >= 0.6 is 0 Å². The molecular weight excluding hydrogens is 420 g/mol. The van der Waals surface area contributed by atoms with Crippen molar-refractivity contribution < 1.29 is 14.3 Å². The molecule has 172 valence electrons. The molecular formula is C24H28N6O3. The van der Waals surface area contributed by atoms with E-state index in [4.69, 9.17) is 4.74 Å². The molecule has 3 aromatic heterocycles. The van der Waals surface area contributed by atoms with Crippen molar-refractivity contribution in [2.45, 2.75) is 32.9 Å². The number of amides is 2.